The van der Waals surface area contributed by atoms with E-state index in [-0.39, 0.29) is 40.3 Å². The Morgan fingerprint density at radius 1 is 1.14 bits per heavy atom. The number of carbonyl (C=O) groups is 2. The van der Waals surface area contributed by atoms with Crippen LogP contribution in [0.5, 0.6) is 11.5 Å². The average molecular weight is 511 g/mol. The van der Waals surface area contributed by atoms with Crippen LogP contribution in [0.15, 0.2) is 59.7 Å². The molecule has 0 bridgehead atoms. The van der Waals surface area contributed by atoms with E-state index in [0.717, 1.165) is 11.1 Å². The molecule has 11 heteroatoms. The molecule has 0 saturated carbocycles. The van der Waals surface area contributed by atoms with Crippen LogP contribution in [0.1, 0.15) is 27.0 Å². The number of carbonyl (C=O) groups excluding carboxylic acids is 2. The van der Waals surface area contributed by atoms with Gasteiger partial charge in [-0.05, 0) is 60.9 Å². The highest BCUT2D eigenvalue weighted by atomic mass is 35.5. The first kappa shape index (κ1) is 26.2. The number of nitrogens with one attached hydrogen (secondary N) is 2. The summed E-state index contributed by atoms with van der Waals surface area (Å²) in [6, 6.07) is 13.8. The summed E-state index contributed by atoms with van der Waals surface area (Å²) < 4.78 is 10.9. The van der Waals surface area contributed by atoms with Crippen molar-refractivity contribution in [2.75, 3.05) is 19.0 Å². The number of amides is 2. The van der Waals surface area contributed by atoms with Crippen molar-refractivity contribution in [1.29, 1.82) is 0 Å². The monoisotopic (exact) mass is 510 g/mol. The number of hydrogen-bond donors (Lipinski definition) is 2. The molecule has 186 valence electrons. The molecule has 3 aromatic carbocycles. The van der Waals surface area contributed by atoms with Crippen LogP contribution in [0, 0.1) is 24.0 Å². The van der Waals surface area contributed by atoms with Crippen molar-refractivity contribution in [3.8, 4) is 11.5 Å². The molecule has 0 unspecified atom stereocenters. The van der Waals surface area contributed by atoms with Gasteiger partial charge in [-0.25, -0.2) is 5.43 Å². The predicted octanol–water partition coefficient (Wildman–Crippen LogP) is 4.66. The van der Waals surface area contributed by atoms with E-state index in [2.05, 4.69) is 15.8 Å². The van der Waals surface area contributed by atoms with Gasteiger partial charge < -0.3 is 14.8 Å². The number of halogens is 1. The second-order valence-corrected chi connectivity index (χ2v) is 8.03. The third-order valence-corrected chi connectivity index (χ3v) is 5.48. The molecule has 36 heavy (non-hydrogen) atoms. The summed E-state index contributed by atoms with van der Waals surface area (Å²) in [5, 5.41) is 17.6. The zero-order valence-electron chi connectivity index (χ0n) is 19.7. The lowest BCUT2D eigenvalue weighted by Gasteiger charge is -2.14. The van der Waals surface area contributed by atoms with Crippen molar-refractivity contribution in [3.63, 3.8) is 0 Å². The number of ether oxygens (including phenoxy) is 2. The van der Waals surface area contributed by atoms with Gasteiger partial charge >= 0.3 is 0 Å². The van der Waals surface area contributed by atoms with E-state index < -0.39 is 10.8 Å². The van der Waals surface area contributed by atoms with Gasteiger partial charge in [0, 0.05) is 23.4 Å². The lowest BCUT2D eigenvalue weighted by atomic mass is 10.1. The summed E-state index contributed by atoms with van der Waals surface area (Å²) >= 11 is 6.34. The third-order valence-electron chi connectivity index (χ3n) is 5.20. The molecule has 3 rings (SSSR count). The molecule has 10 nitrogen and oxygen atoms in total. The molecule has 0 aliphatic carbocycles. The zero-order valence-corrected chi connectivity index (χ0v) is 20.5. The van der Waals surface area contributed by atoms with Gasteiger partial charge in [-0.15, -0.1) is 0 Å². The zero-order chi connectivity index (χ0) is 26.2. The molecule has 0 atom stereocenters. The summed E-state index contributed by atoms with van der Waals surface area (Å²) in [6.45, 7) is 3.58. The van der Waals surface area contributed by atoms with E-state index in [4.69, 9.17) is 21.1 Å². The van der Waals surface area contributed by atoms with Gasteiger partial charge in [0.1, 0.15) is 0 Å². The third kappa shape index (κ3) is 6.57. The first-order chi connectivity index (χ1) is 17.2. The van der Waals surface area contributed by atoms with E-state index in [9.17, 15) is 19.7 Å². The molecular weight excluding hydrogens is 488 g/mol. The molecule has 2 amide bonds. The number of methoxy groups -OCH3 is 1. The van der Waals surface area contributed by atoms with Crippen LogP contribution in [-0.2, 0) is 4.79 Å². The number of nitro benzene ring substituents is 1. The van der Waals surface area contributed by atoms with E-state index in [1.807, 2.05) is 32.0 Å². The van der Waals surface area contributed by atoms with Crippen molar-refractivity contribution in [2.24, 2.45) is 5.10 Å². The van der Waals surface area contributed by atoms with Crippen molar-refractivity contribution in [2.45, 2.75) is 13.8 Å². The highest BCUT2D eigenvalue weighted by Crippen LogP contribution is 2.36. The molecule has 2 N–H and O–H groups in total. The maximum Gasteiger partial charge on any atom is 0.271 e. The lowest BCUT2D eigenvalue weighted by molar-refractivity contribution is -0.384. The SMILES string of the molecule is COc1cc(/C=N/NC(=O)c2ccc([N+](=O)[O-])cc2)cc(Cl)c1OCC(=O)Nc1cccc(C)c1C. The number of nitrogens with zero attached hydrogens (tertiary/aromatic N) is 2. The molecular formula is C25H23ClN4O6. The van der Waals surface area contributed by atoms with Crippen LogP contribution in [0.25, 0.3) is 0 Å². The minimum atomic E-state index is -0.554. The molecule has 0 heterocycles. The van der Waals surface area contributed by atoms with Crippen LogP contribution in [-0.4, -0.2) is 36.7 Å². The van der Waals surface area contributed by atoms with Crippen molar-refractivity contribution >= 4 is 41.0 Å². The molecule has 0 radical (unpaired) electrons. The number of hydrazone groups is 1. The normalized spacial score (nSPS) is 10.7. The Labute approximate surface area is 212 Å². The average Bonchev–Trinajstić information content (AvgIpc) is 2.85. The van der Waals surface area contributed by atoms with Crippen LogP contribution < -0.4 is 20.2 Å². The second kappa shape index (κ2) is 11.8. The van der Waals surface area contributed by atoms with Gasteiger partial charge in [-0.2, -0.15) is 5.10 Å². The molecule has 0 aliphatic rings. The number of rotatable bonds is 9. The Morgan fingerprint density at radius 2 is 1.86 bits per heavy atom. The summed E-state index contributed by atoms with van der Waals surface area (Å²) in [4.78, 5) is 34.7. The largest absolute Gasteiger partial charge is 0.493 e. The van der Waals surface area contributed by atoms with Crippen LogP contribution >= 0.6 is 11.6 Å². The molecule has 0 aliphatic heterocycles. The van der Waals surface area contributed by atoms with Crippen molar-refractivity contribution in [1.82, 2.24) is 5.43 Å². The maximum atomic E-state index is 12.4. The summed E-state index contributed by atoms with van der Waals surface area (Å²) in [5.41, 5.74) is 5.62. The number of non-ortho nitro benzene ring substituents is 1. The highest BCUT2D eigenvalue weighted by Gasteiger charge is 2.15. The summed E-state index contributed by atoms with van der Waals surface area (Å²) in [6.07, 6.45) is 1.34. The van der Waals surface area contributed by atoms with E-state index >= 15 is 0 Å². The number of nitro groups is 1. The summed E-state index contributed by atoms with van der Waals surface area (Å²) in [5.74, 6) is -0.456. The quantitative estimate of drug-likeness (QED) is 0.244. The topological polar surface area (TPSA) is 132 Å². The maximum absolute atomic E-state index is 12.4. The van der Waals surface area contributed by atoms with Gasteiger partial charge in [-0.1, -0.05) is 23.7 Å². The van der Waals surface area contributed by atoms with Crippen LogP contribution in [0.4, 0.5) is 11.4 Å². The Morgan fingerprint density at radius 3 is 2.53 bits per heavy atom. The van der Waals surface area contributed by atoms with Crippen LogP contribution in [0.3, 0.4) is 0 Å². The van der Waals surface area contributed by atoms with E-state index in [1.54, 1.807) is 6.07 Å². The first-order valence-electron chi connectivity index (χ1n) is 10.6. The standard InChI is InChI=1S/C25H23ClN4O6/c1-15-5-4-6-21(16(15)2)28-23(31)14-36-24-20(26)11-17(12-22(24)35-3)13-27-29-25(32)18-7-9-19(10-8-18)30(33)34/h4-13H,14H2,1-3H3,(H,28,31)(H,29,32)/b27-13+. The van der Waals surface area contributed by atoms with Gasteiger partial charge in [0.25, 0.3) is 17.5 Å². The van der Waals surface area contributed by atoms with Gasteiger partial charge in [0.15, 0.2) is 18.1 Å². The molecule has 0 fully saturated rings. The fourth-order valence-corrected chi connectivity index (χ4v) is 3.40. The molecule has 0 spiro atoms. The predicted molar refractivity (Wildman–Crippen MR) is 136 cm³/mol. The number of hydrogen-bond acceptors (Lipinski definition) is 7. The number of aryl methyl sites for hydroxylation is 1. The minimum absolute atomic E-state index is 0.123. The Bertz CT molecular complexity index is 1320. The summed E-state index contributed by atoms with van der Waals surface area (Å²) in [7, 11) is 1.42. The fraction of sp³-hybridized carbons (Fsp3) is 0.160. The Balaban J connectivity index is 1.63. The van der Waals surface area contributed by atoms with E-state index in [0.29, 0.717) is 11.3 Å². The highest BCUT2D eigenvalue weighted by molar-refractivity contribution is 6.32. The van der Waals surface area contributed by atoms with Gasteiger partial charge in [0.05, 0.1) is 23.3 Å². The smallest absolute Gasteiger partial charge is 0.271 e. The van der Waals surface area contributed by atoms with Gasteiger partial charge in [-0.3, -0.25) is 19.7 Å². The van der Waals surface area contributed by atoms with Crippen molar-refractivity contribution < 1.29 is 24.0 Å². The Hall–Kier alpha value is -4.44. The van der Waals surface area contributed by atoms with E-state index in [1.165, 1.54) is 43.7 Å². The molecule has 0 aromatic heterocycles. The van der Waals surface area contributed by atoms with Gasteiger partial charge in [0.2, 0.25) is 0 Å². The Kier molecular flexibility index (Phi) is 8.58. The van der Waals surface area contributed by atoms with Crippen LogP contribution in [0.2, 0.25) is 5.02 Å². The second-order valence-electron chi connectivity index (χ2n) is 7.62. The number of anilines is 1. The minimum Gasteiger partial charge on any atom is -0.493 e. The fourth-order valence-electron chi connectivity index (χ4n) is 3.13. The van der Waals surface area contributed by atoms with Crippen molar-refractivity contribution in [3.05, 3.63) is 92.0 Å². The first-order valence-corrected chi connectivity index (χ1v) is 11.0. The lowest BCUT2D eigenvalue weighted by Crippen LogP contribution is -2.21. The number of benzene rings is 3. The molecule has 0 saturated heterocycles. The molecule has 3 aromatic rings.